The molecule has 0 aliphatic carbocycles. The number of carbonyl (C=O) groups excluding carboxylic acids is 1. The van der Waals surface area contributed by atoms with E-state index in [2.05, 4.69) is 10.0 Å². The van der Waals surface area contributed by atoms with E-state index in [0.717, 1.165) is 0 Å². The van der Waals surface area contributed by atoms with Crippen LogP contribution in [-0.2, 0) is 9.47 Å². The monoisotopic (exact) mass is 303 g/mol. The number of esters is 1. The number of hydrogen-bond acceptors (Lipinski definition) is 4. The second-order valence-electron chi connectivity index (χ2n) is 5.76. The molecular weight excluding hydrogens is 282 g/mol. The van der Waals surface area contributed by atoms with E-state index in [9.17, 15) is 4.79 Å². The topological polar surface area (TPSA) is 84.3 Å². The van der Waals surface area contributed by atoms with Crippen molar-refractivity contribution in [2.45, 2.75) is 39.0 Å². The maximum Gasteiger partial charge on any atom is 0.338 e. The molecule has 0 radical (unpaired) electrons. The fraction of sp³-hybridized carbons (Fsp3) is 0.562. The third-order valence-electron chi connectivity index (χ3n) is 4.40. The maximum absolute atomic E-state index is 12.0. The molecule has 0 N–H and O–H groups in total. The van der Waals surface area contributed by atoms with Gasteiger partial charge < -0.3 is 9.47 Å². The van der Waals surface area contributed by atoms with E-state index in [1.807, 2.05) is 26.8 Å². The van der Waals surface area contributed by atoms with E-state index in [1.165, 1.54) is 0 Å². The minimum atomic E-state index is -0.353. The first-order chi connectivity index (χ1) is 10.5. The van der Waals surface area contributed by atoms with Crippen molar-refractivity contribution >= 4 is 5.97 Å². The zero-order valence-corrected chi connectivity index (χ0v) is 13.0. The Morgan fingerprint density at radius 2 is 1.95 bits per heavy atom. The van der Waals surface area contributed by atoms with Crippen LogP contribution in [0.15, 0.2) is 35.4 Å². The highest BCUT2D eigenvalue weighted by molar-refractivity contribution is 5.89. The molecule has 5 atom stereocenters. The summed E-state index contributed by atoms with van der Waals surface area (Å²) in [5, 5.41) is 3.82. The van der Waals surface area contributed by atoms with Gasteiger partial charge in [-0.15, -0.1) is 0 Å². The number of hydrogen-bond donors (Lipinski definition) is 0. The molecule has 1 aliphatic heterocycles. The van der Waals surface area contributed by atoms with Crippen molar-refractivity contribution in [2.75, 3.05) is 6.61 Å². The number of nitrogens with zero attached hydrogens (tertiary/aromatic N) is 3. The summed E-state index contributed by atoms with van der Waals surface area (Å²) >= 11 is 0. The van der Waals surface area contributed by atoms with Crippen LogP contribution in [0.5, 0.6) is 0 Å². The van der Waals surface area contributed by atoms with Gasteiger partial charge in [-0.2, -0.15) is 0 Å². The van der Waals surface area contributed by atoms with Crippen LogP contribution in [0.25, 0.3) is 10.4 Å². The predicted molar refractivity (Wildman–Crippen MR) is 82.3 cm³/mol. The minimum Gasteiger partial charge on any atom is -0.459 e. The first-order valence-corrected chi connectivity index (χ1v) is 7.46. The van der Waals surface area contributed by atoms with Gasteiger partial charge in [0, 0.05) is 4.91 Å². The molecule has 2 rings (SSSR count). The number of ether oxygens (including phenoxy) is 2. The highest BCUT2D eigenvalue weighted by Gasteiger charge is 2.39. The molecule has 0 saturated carbocycles. The molecular formula is C16H21N3O3. The molecule has 1 aromatic carbocycles. The molecule has 0 amide bonds. The van der Waals surface area contributed by atoms with Gasteiger partial charge in [-0.1, -0.05) is 37.2 Å². The Labute approximate surface area is 130 Å². The Hall–Kier alpha value is -2.04. The van der Waals surface area contributed by atoms with Crippen molar-refractivity contribution in [3.05, 3.63) is 46.3 Å². The normalized spacial score (nSPS) is 31.1. The Bertz CT molecular complexity index is 557. The van der Waals surface area contributed by atoms with E-state index < -0.39 is 0 Å². The summed E-state index contributed by atoms with van der Waals surface area (Å²) in [5.74, 6) is -0.0516. The molecule has 1 saturated heterocycles. The average molecular weight is 303 g/mol. The van der Waals surface area contributed by atoms with E-state index in [1.54, 1.807) is 24.3 Å². The first kappa shape index (κ1) is 16.3. The summed E-state index contributed by atoms with van der Waals surface area (Å²) in [7, 11) is 0. The summed E-state index contributed by atoms with van der Waals surface area (Å²) in [4.78, 5) is 14.9. The highest BCUT2D eigenvalue weighted by atomic mass is 16.6. The molecule has 6 heteroatoms. The van der Waals surface area contributed by atoms with Crippen LogP contribution < -0.4 is 0 Å². The number of rotatable bonds is 4. The van der Waals surface area contributed by atoms with Crippen LogP contribution in [0.1, 0.15) is 31.1 Å². The van der Waals surface area contributed by atoms with Gasteiger partial charge in [0.2, 0.25) is 0 Å². The van der Waals surface area contributed by atoms with E-state index in [0.29, 0.717) is 5.56 Å². The minimum absolute atomic E-state index is 0.135. The van der Waals surface area contributed by atoms with Crippen LogP contribution in [0.3, 0.4) is 0 Å². The molecule has 0 aromatic heterocycles. The Morgan fingerprint density at radius 1 is 1.27 bits per heavy atom. The SMILES string of the molecule is CC1OC(COC(=O)c2ccccc2)[C@H](C)[C@H](C)C1N=[N+]=[N-]. The Balaban J connectivity index is 1.96. The van der Waals surface area contributed by atoms with Gasteiger partial charge in [-0.25, -0.2) is 4.79 Å². The zero-order valence-electron chi connectivity index (χ0n) is 13.0. The summed E-state index contributed by atoms with van der Waals surface area (Å²) in [6, 6.07) is 8.69. The lowest BCUT2D eigenvalue weighted by atomic mass is 9.80. The van der Waals surface area contributed by atoms with Crippen molar-refractivity contribution in [1.29, 1.82) is 0 Å². The van der Waals surface area contributed by atoms with Gasteiger partial charge in [0.1, 0.15) is 6.61 Å². The Kier molecular flexibility index (Phi) is 5.41. The lowest BCUT2D eigenvalue weighted by molar-refractivity contribution is -0.124. The summed E-state index contributed by atoms with van der Waals surface area (Å²) in [6.07, 6.45) is -0.384. The zero-order chi connectivity index (χ0) is 16.1. The molecule has 1 aromatic rings. The highest BCUT2D eigenvalue weighted by Crippen LogP contribution is 2.32. The standard InChI is InChI=1S/C16H21N3O3/c1-10-11(2)15(18-19-17)12(3)22-14(10)9-21-16(20)13-7-5-4-6-8-13/h4-8,10-12,14-15H,9H2,1-3H3/t10-,11+,12?,14?,15?/m1/s1. The summed E-state index contributed by atoms with van der Waals surface area (Å²) in [5.41, 5.74) is 9.17. The fourth-order valence-corrected chi connectivity index (χ4v) is 2.82. The van der Waals surface area contributed by atoms with Crippen LogP contribution in [0, 0.1) is 11.8 Å². The van der Waals surface area contributed by atoms with E-state index in [-0.39, 0.29) is 42.7 Å². The quantitative estimate of drug-likeness (QED) is 0.369. The smallest absolute Gasteiger partial charge is 0.338 e. The maximum atomic E-state index is 12.0. The third-order valence-corrected chi connectivity index (χ3v) is 4.40. The molecule has 22 heavy (non-hydrogen) atoms. The van der Waals surface area contributed by atoms with Crippen molar-refractivity contribution in [1.82, 2.24) is 0 Å². The second kappa shape index (κ2) is 7.29. The molecule has 0 spiro atoms. The summed E-state index contributed by atoms with van der Waals surface area (Å²) < 4.78 is 11.2. The van der Waals surface area contributed by atoms with Gasteiger partial charge in [0.15, 0.2) is 0 Å². The van der Waals surface area contributed by atoms with Gasteiger partial charge in [-0.3, -0.25) is 0 Å². The number of carbonyl (C=O) groups is 1. The first-order valence-electron chi connectivity index (χ1n) is 7.46. The predicted octanol–water partition coefficient (Wildman–Crippen LogP) is 3.58. The third kappa shape index (κ3) is 3.59. The van der Waals surface area contributed by atoms with Crippen molar-refractivity contribution < 1.29 is 14.3 Å². The van der Waals surface area contributed by atoms with Crippen LogP contribution >= 0.6 is 0 Å². The lowest BCUT2D eigenvalue weighted by Gasteiger charge is -2.41. The van der Waals surface area contributed by atoms with Gasteiger partial charge >= 0.3 is 5.97 Å². The molecule has 1 aliphatic rings. The number of benzene rings is 1. The largest absolute Gasteiger partial charge is 0.459 e. The molecule has 6 nitrogen and oxygen atoms in total. The Morgan fingerprint density at radius 3 is 2.59 bits per heavy atom. The van der Waals surface area contributed by atoms with Crippen LogP contribution in [0.2, 0.25) is 0 Å². The van der Waals surface area contributed by atoms with Crippen molar-refractivity contribution in [3.63, 3.8) is 0 Å². The molecule has 3 unspecified atom stereocenters. The van der Waals surface area contributed by atoms with E-state index in [4.69, 9.17) is 15.0 Å². The van der Waals surface area contributed by atoms with Gasteiger partial charge in [0.05, 0.1) is 23.8 Å². The molecule has 0 bridgehead atoms. The van der Waals surface area contributed by atoms with Gasteiger partial charge in [-0.05, 0) is 36.4 Å². The van der Waals surface area contributed by atoms with Gasteiger partial charge in [0.25, 0.3) is 0 Å². The lowest BCUT2D eigenvalue weighted by Crippen LogP contribution is -2.48. The second-order valence-corrected chi connectivity index (χ2v) is 5.76. The van der Waals surface area contributed by atoms with E-state index >= 15 is 0 Å². The average Bonchev–Trinajstić information content (AvgIpc) is 2.54. The van der Waals surface area contributed by atoms with Crippen LogP contribution in [0.4, 0.5) is 0 Å². The number of azide groups is 1. The molecule has 1 heterocycles. The van der Waals surface area contributed by atoms with Crippen molar-refractivity contribution in [3.8, 4) is 0 Å². The molecule has 118 valence electrons. The summed E-state index contributed by atoms with van der Waals surface area (Å²) in [6.45, 7) is 6.15. The fourth-order valence-electron chi connectivity index (χ4n) is 2.82. The van der Waals surface area contributed by atoms with Crippen molar-refractivity contribution in [2.24, 2.45) is 17.0 Å². The molecule has 1 fully saturated rings. The van der Waals surface area contributed by atoms with Crippen LogP contribution in [-0.4, -0.2) is 30.8 Å².